The highest BCUT2D eigenvalue weighted by atomic mass is 35.5. The van der Waals surface area contributed by atoms with Crippen molar-refractivity contribution in [3.05, 3.63) is 58.1 Å². The highest BCUT2D eigenvalue weighted by Gasteiger charge is 2.21. The predicted molar refractivity (Wildman–Crippen MR) is 81.2 cm³/mol. The molecule has 126 valence electrons. The summed E-state index contributed by atoms with van der Waals surface area (Å²) in [5.74, 6) is -1.86. The first-order valence-electron chi connectivity index (χ1n) is 6.96. The van der Waals surface area contributed by atoms with Crippen LogP contribution < -0.4 is 14.8 Å². The first-order valence-corrected chi connectivity index (χ1v) is 7.34. The lowest BCUT2D eigenvalue weighted by atomic mass is 10.1. The van der Waals surface area contributed by atoms with Gasteiger partial charge in [0.15, 0.2) is 23.1 Å². The maximum atomic E-state index is 13.2. The molecule has 2 aromatic rings. The Kier molecular flexibility index (Phi) is 4.55. The highest BCUT2D eigenvalue weighted by Crippen LogP contribution is 2.39. The number of ether oxygens (including phenoxy) is 2. The Bertz CT molecular complexity index is 800. The minimum absolute atomic E-state index is 0.0228. The number of nitrogens with one attached hydrogen (secondary N) is 1. The monoisotopic (exact) mass is 355 g/mol. The molecule has 1 aliphatic rings. The van der Waals surface area contributed by atoms with Gasteiger partial charge in [-0.25, -0.2) is 8.78 Å². The number of benzene rings is 2. The molecule has 3 rings (SSSR count). The average Bonchev–Trinajstić information content (AvgIpc) is 3.04. The summed E-state index contributed by atoms with van der Waals surface area (Å²) in [6, 6.07) is 5.91. The third-order valence-electron chi connectivity index (χ3n) is 3.47. The fourth-order valence-electron chi connectivity index (χ4n) is 2.23. The van der Waals surface area contributed by atoms with Gasteiger partial charge in [0.2, 0.25) is 6.79 Å². The SMILES string of the molecule is O=C(NC[C@@H](O)c1ccc(F)c(F)c1)c1cc(Cl)c2c(c1)OCO2. The summed E-state index contributed by atoms with van der Waals surface area (Å²) in [5, 5.41) is 12.7. The predicted octanol–water partition coefficient (Wildman–Crippen LogP) is 2.81. The van der Waals surface area contributed by atoms with Crippen molar-refractivity contribution in [3.63, 3.8) is 0 Å². The lowest BCUT2D eigenvalue weighted by Crippen LogP contribution is -2.28. The molecule has 0 saturated heterocycles. The molecule has 1 heterocycles. The van der Waals surface area contributed by atoms with E-state index < -0.39 is 23.6 Å². The second-order valence-electron chi connectivity index (χ2n) is 5.09. The van der Waals surface area contributed by atoms with E-state index in [2.05, 4.69) is 5.32 Å². The van der Waals surface area contributed by atoms with Crippen molar-refractivity contribution in [3.8, 4) is 11.5 Å². The Morgan fingerprint density at radius 1 is 1.25 bits per heavy atom. The minimum atomic E-state index is -1.19. The van der Waals surface area contributed by atoms with E-state index in [9.17, 15) is 18.7 Å². The molecule has 0 radical (unpaired) electrons. The van der Waals surface area contributed by atoms with Gasteiger partial charge in [0.05, 0.1) is 11.1 Å². The Hall–Kier alpha value is -2.38. The van der Waals surface area contributed by atoms with Crippen molar-refractivity contribution in [2.45, 2.75) is 6.10 Å². The Morgan fingerprint density at radius 3 is 2.79 bits per heavy atom. The van der Waals surface area contributed by atoms with Crippen LogP contribution in [0.5, 0.6) is 11.5 Å². The van der Waals surface area contributed by atoms with Gasteiger partial charge in [-0.2, -0.15) is 0 Å². The van der Waals surface area contributed by atoms with Gasteiger partial charge in [-0.3, -0.25) is 4.79 Å². The van der Waals surface area contributed by atoms with Gasteiger partial charge in [-0.15, -0.1) is 0 Å². The van der Waals surface area contributed by atoms with E-state index in [0.717, 1.165) is 12.1 Å². The number of hydrogen-bond acceptors (Lipinski definition) is 4. The maximum Gasteiger partial charge on any atom is 0.251 e. The van der Waals surface area contributed by atoms with Gasteiger partial charge < -0.3 is 19.9 Å². The molecule has 0 bridgehead atoms. The third kappa shape index (κ3) is 3.27. The molecule has 0 saturated carbocycles. The second kappa shape index (κ2) is 6.62. The summed E-state index contributed by atoms with van der Waals surface area (Å²) in [6.45, 7) is -0.162. The van der Waals surface area contributed by atoms with E-state index >= 15 is 0 Å². The molecule has 8 heteroatoms. The molecule has 0 fully saturated rings. The zero-order valence-corrected chi connectivity index (χ0v) is 12.9. The topological polar surface area (TPSA) is 67.8 Å². The van der Waals surface area contributed by atoms with Crippen LogP contribution in [0.25, 0.3) is 0 Å². The quantitative estimate of drug-likeness (QED) is 0.885. The second-order valence-corrected chi connectivity index (χ2v) is 5.50. The minimum Gasteiger partial charge on any atom is -0.454 e. The van der Waals surface area contributed by atoms with Crippen LogP contribution in [-0.2, 0) is 0 Å². The van der Waals surface area contributed by atoms with E-state index in [0.29, 0.717) is 11.5 Å². The van der Waals surface area contributed by atoms with E-state index in [1.54, 1.807) is 0 Å². The molecule has 2 N–H and O–H groups in total. The van der Waals surface area contributed by atoms with Gasteiger partial charge >= 0.3 is 0 Å². The van der Waals surface area contributed by atoms with Gasteiger partial charge in [0.1, 0.15) is 0 Å². The lowest BCUT2D eigenvalue weighted by Gasteiger charge is -2.13. The molecule has 24 heavy (non-hydrogen) atoms. The Morgan fingerprint density at radius 2 is 2.04 bits per heavy atom. The molecule has 0 aliphatic carbocycles. The number of rotatable bonds is 4. The van der Waals surface area contributed by atoms with E-state index in [4.69, 9.17) is 21.1 Å². The summed E-state index contributed by atoms with van der Waals surface area (Å²) >= 11 is 6.00. The third-order valence-corrected chi connectivity index (χ3v) is 3.75. The standard InChI is InChI=1S/C16H12ClF2NO4/c17-10-3-9(5-14-15(10)24-7-23-14)16(22)20-6-13(21)8-1-2-11(18)12(19)4-8/h1-5,13,21H,6-7H2,(H,20,22)/t13-/m1/s1. The zero-order valence-electron chi connectivity index (χ0n) is 12.2. The Balaban J connectivity index is 1.67. The van der Waals surface area contributed by atoms with Crippen molar-refractivity contribution in [1.29, 1.82) is 0 Å². The van der Waals surface area contributed by atoms with Crippen LogP contribution in [0.1, 0.15) is 22.0 Å². The molecule has 0 aromatic heterocycles. The van der Waals surface area contributed by atoms with Crippen molar-refractivity contribution in [2.24, 2.45) is 0 Å². The highest BCUT2D eigenvalue weighted by molar-refractivity contribution is 6.32. The number of hydrogen-bond donors (Lipinski definition) is 2. The van der Waals surface area contributed by atoms with E-state index in [1.165, 1.54) is 18.2 Å². The summed E-state index contributed by atoms with van der Waals surface area (Å²) < 4.78 is 36.4. The molecular weight excluding hydrogens is 344 g/mol. The first kappa shape index (κ1) is 16.5. The van der Waals surface area contributed by atoms with Crippen LogP contribution in [-0.4, -0.2) is 24.4 Å². The van der Waals surface area contributed by atoms with Gasteiger partial charge in [-0.05, 0) is 29.8 Å². The fourth-order valence-corrected chi connectivity index (χ4v) is 2.49. The number of carbonyl (C=O) groups excluding carboxylic acids is 1. The van der Waals surface area contributed by atoms with Crippen molar-refractivity contribution in [1.82, 2.24) is 5.32 Å². The average molecular weight is 356 g/mol. The lowest BCUT2D eigenvalue weighted by molar-refractivity contribution is 0.0915. The maximum absolute atomic E-state index is 13.2. The van der Waals surface area contributed by atoms with Gasteiger partial charge in [0.25, 0.3) is 5.91 Å². The van der Waals surface area contributed by atoms with Crippen LogP contribution in [0.3, 0.4) is 0 Å². The molecule has 5 nitrogen and oxygen atoms in total. The van der Waals surface area contributed by atoms with Crippen LogP contribution in [0, 0.1) is 11.6 Å². The smallest absolute Gasteiger partial charge is 0.251 e. The van der Waals surface area contributed by atoms with Crippen molar-refractivity contribution in [2.75, 3.05) is 13.3 Å². The first-order chi connectivity index (χ1) is 11.5. The van der Waals surface area contributed by atoms with Gasteiger partial charge in [-0.1, -0.05) is 17.7 Å². The fraction of sp³-hybridized carbons (Fsp3) is 0.188. The van der Waals surface area contributed by atoms with E-state index in [1.807, 2.05) is 0 Å². The van der Waals surface area contributed by atoms with Crippen LogP contribution >= 0.6 is 11.6 Å². The van der Waals surface area contributed by atoms with Crippen molar-refractivity contribution < 1.29 is 28.2 Å². The molecule has 0 spiro atoms. The van der Waals surface area contributed by atoms with E-state index in [-0.39, 0.29) is 29.5 Å². The number of fused-ring (bicyclic) bond motifs is 1. The molecule has 2 aromatic carbocycles. The summed E-state index contributed by atoms with van der Waals surface area (Å²) in [5.41, 5.74) is 0.375. The number of carbonyl (C=O) groups is 1. The van der Waals surface area contributed by atoms with Crippen LogP contribution in [0.4, 0.5) is 8.78 Å². The summed E-state index contributed by atoms with van der Waals surface area (Å²) in [6.07, 6.45) is -1.19. The normalized spacial score (nSPS) is 13.7. The van der Waals surface area contributed by atoms with Crippen LogP contribution in [0.15, 0.2) is 30.3 Å². The molecule has 1 atom stereocenters. The molecule has 1 aliphatic heterocycles. The molecule has 1 amide bonds. The number of amides is 1. The summed E-state index contributed by atoms with van der Waals surface area (Å²) in [7, 11) is 0. The largest absolute Gasteiger partial charge is 0.454 e. The van der Waals surface area contributed by atoms with Crippen molar-refractivity contribution >= 4 is 17.5 Å². The molecular formula is C16H12ClF2NO4. The molecule has 0 unspecified atom stereocenters. The number of aliphatic hydroxyl groups is 1. The number of aliphatic hydroxyl groups excluding tert-OH is 1. The van der Waals surface area contributed by atoms with Crippen LogP contribution in [0.2, 0.25) is 5.02 Å². The zero-order chi connectivity index (χ0) is 17.3. The van der Waals surface area contributed by atoms with Gasteiger partial charge in [0, 0.05) is 12.1 Å². The Labute approximate surface area is 140 Å². The number of halogens is 3. The summed E-state index contributed by atoms with van der Waals surface area (Å²) in [4.78, 5) is 12.1.